The smallest absolute Gasteiger partial charge is 0.264 e. The number of imidazole rings is 1. The Morgan fingerprint density at radius 3 is 3.24 bits per heavy atom. The minimum atomic E-state index is 0.143. The molecule has 5 nitrogen and oxygen atoms in total. The molecular weight excluding hydrogens is 284 g/mol. The van der Waals surface area contributed by atoms with Crippen LogP contribution in [0.5, 0.6) is 0 Å². The Kier molecular flexibility index (Phi) is 3.27. The number of thiophene rings is 1. The number of nitrogens with one attached hydrogen (secondary N) is 2. The van der Waals surface area contributed by atoms with Crippen LogP contribution in [0.2, 0.25) is 0 Å². The lowest BCUT2D eigenvalue weighted by Crippen LogP contribution is -2.35. The van der Waals surface area contributed by atoms with Gasteiger partial charge in [0.25, 0.3) is 5.91 Å². The maximum absolute atomic E-state index is 12.6. The topological polar surface area (TPSA) is 61.0 Å². The van der Waals surface area contributed by atoms with Gasteiger partial charge in [0.1, 0.15) is 0 Å². The summed E-state index contributed by atoms with van der Waals surface area (Å²) in [5, 5.41) is 3.49. The van der Waals surface area contributed by atoms with Crippen molar-refractivity contribution in [2.75, 3.05) is 13.1 Å². The van der Waals surface area contributed by atoms with Gasteiger partial charge in [-0.1, -0.05) is 0 Å². The lowest BCUT2D eigenvalue weighted by Gasteiger charge is -2.25. The molecule has 21 heavy (non-hydrogen) atoms. The maximum atomic E-state index is 12.6. The molecule has 2 aliphatic heterocycles. The summed E-state index contributed by atoms with van der Waals surface area (Å²) in [4.78, 5) is 24.1. The summed E-state index contributed by atoms with van der Waals surface area (Å²) >= 11 is 1.64. The molecule has 2 aromatic rings. The number of amides is 1. The fraction of sp³-hybridized carbons (Fsp3) is 0.467. The van der Waals surface area contributed by atoms with Crippen molar-refractivity contribution in [1.29, 1.82) is 0 Å². The van der Waals surface area contributed by atoms with Crippen LogP contribution >= 0.6 is 11.3 Å². The number of hydrogen-bond donors (Lipinski definition) is 2. The molecule has 1 amide bonds. The number of H-pyrrole nitrogens is 1. The molecule has 6 heteroatoms. The van der Waals surface area contributed by atoms with Gasteiger partial charge in [0.05, 0.1) is 29.1 Å². The highest BCUT2D eigenvalue weighted by atomic mass is 32.1. The average molecular weight is 302 g/mol. The van der Waals surface area contributed by atoms with Crippen molar-refractivity contribution in [3.8, 4) is 0 Å². The molecule has 1 saturated heterocycles. The van der Waals surface area contributed by atoms with Crippen LogP contribution in [0.1, 0.15) is 44.8 Å². The summed E-state index contributed by atoms with van der Waals surface area (Å²) in [5.74, 6) is 0.143. The van der Waals surface area contributed by atoms with Gasteiger partial charge >= 0.3 is 0 Å². The quantitative estimate of drug-likeness (QED) is 0.893. The Morgan fingerprint density at radius 1 is 1.43 bits per heavy atom. The van der Waals surface area contributed by atoms with E-state index in [0.717, 1.165) is 35.8 Å². The molecule has 0 radical (unpaired) electrons. The van der Waals surface area contributed by atoms with Gasteiger partial charge in [-0.05, 0) is 31.5 Å². The molecule has 0 bridgehead atoms. The molecule has 1 unspecified atom stereocenters. The summed E-state index contributed by atoms with van der Waals surface area (Å²) < 4.78 is 0. The predicted octanol–water partition coefficient (Wildman–Crippen LogP) is 2.09. The van der Waals surface area contributed by atoms with Crippen LogP contribution in [0.3, 0.4) is 0 Å². The third-order valence-corrected chi connectivity index (χ3v) is 5.49. The molecule has 1 atom stereocenters. The highest BCUT2D eigenvalue weighted by Crippen LogP contribution is 2.30. The molecular formula is C15H18N4OS. The average Bonchev–Trinajstić information content (AvgIpc) is 3.24. The van der Waals surface area contributed by atoms with E-state index >= 15 is 0 Å². The second-order valence-electron chi connectivity index (χ2n) is 5.66. The Morgan fingerprint density at radius 2 is 2.38 bits per heavy atom. The summed E-state index contributed by atoms with van der Waals surface area (Å²) in [6, 6.07) is 4.52. The van der Waals surface area contributed by atoms with Crippen LogP contribution in [-0.4, -0.2) is 33.9 Å². The van der Waals surface area contributed by atoms with E-state index in [1.807, 2.05) is 11.0 Å². The van der Waals surface area contributed by atoms with E-state index in [4.69, 9.17) is 0 Å². The molecule has 1 fully saturated rings. The summed E-state index contributed by atoms with van der Waals surface area (Å²) in [6.07, 6.45) is 4.95. The Hall–Kier alpha value is -1.66. The number of aromatic nitrogens is 2. The lowest BCUT2D eigenvalue weighted by atomic mass is 10.1. The SMILES string of the molecule is O=C(c1ccc(C2CCCN2)s1)N1CCc2nc[nH]c2C1. The number of fused-ring (bicyclic) bond motifs is 1. The molecule has 4 rings (SSSR count). The molecule has 110 valence electrons. The zero-order valence-electron chi connectivity index (χ0n) is 11.8. The van der Waals surface area contributed by atoms with Crippen molar-refractivity contribution < 1.29 is 4.79 Å². The van der Waals surface area contributed by atoms with Crippen molar-refractivity contribution in [2.24, 2.45) is 0 Å². The van der Waals surface area contributed by atoms with Crippen molar-refractivity contribution in [1.82, 2.24) is 20.2 Å². The monoisotopic (exact) mass is 302 g/mol. The first-order valence-electron chi connectivity index (χ1n) is 7.45. The fourth-order valence-corrected chi connectivity index (χ4v) is 4.21. The molecule has 0 aliphatic carbocycles. The molecule has 0 aromatic carbocycles. The first kappa shape index (κ1) is 13.0. The predicted molar refractivity (Wildman–Crippen MR) is 81.3 cm³/mol. The molecule has 2 aromatic heterocycles. The van der Waals surface area contributed by atoms with Crippen LogP contribution in [-0.2, 0) is 13.0 Å². The van der Waals surface area contributed by atoms with E-state index in [0.29, 0.717) is 12.6 Å². The van der Waals surface area contributed by atoms with Gasteiger partial charge in [0.15, 0.2) is 0 Å². The Balaban J connectivity index is 1.50. The van der Waals surface area contributed by atoms with Crippen LogP contribution in [0.4, 0.5) is 0 Å². The largest absolute Gasteiger partial charge is 0.347 e. The zero-order chi connectivity index (χ0) is 14.2. The van der Waals surface area contributed by atoms with Gasteiger partial charge in [-0.3, -0.25) is 4.79 Å². The van der Waals surface area contributed by atoms with E-state index in [2.05, 4.69) is 21.4 Å². The number of aromatic amines is 1. The Bertz CT molecular complexity index is 656. The first-order chi connectivity index (χ1) is 10.3. The van der Waals surface area contributed by atoms with E-state index in [1.165, 1.54) is 17.7 Å². The maximum Gasteiger partial charge on any atom is 0.264 e. The zero-order valence-corrected chi connectivity index (χ0v) is 12.6. The number of hydrogen-bond acceptors (Lipinski definition) is 4. The van der Waals surface area contributed by atoms with Gasteiger partial charge in [-0.15, -0.1) is 11.3 Å². The van der Waals surface area contributed by atoms with Crippen LogP contribution in [0.15, 0.2) is 18.5 Å². The van der Waals surface area contributed by atoms with E-state index in [1.54, 1.807) is 17.7 Å². The first-order valence-corrected chi connectivity index (χ1v) is 8.26. The number of rotatable bonds is 2. The van der Waals surface area contributed by atoms with Crippen molar-refractivity contribution in [3.05, 3.63) is 39.6 Å². The van der Waals surface area contributed by atoms with Crippen LogP contribution < -0.4 is 5.32 Å². The van der Waals surface area contributed by atoms with Gasteiger partial charge in [-0.2, -0.15) is 0 Å². The minimum absolute atomic E-state index is 0.143. The minimum Gasteiger partial charge on any atom is -0.347 e. The van der Waals surface area contributed by atoms with Crippen molar-refractivity contribution in [2.45, 2.75) is 31.8 Å². The number of carbonyl (C=O) groups is 1. The van der Waals surface area contributed by atoms with E-state index in [9.17, 15) is 4.79 Å². The van der Waals surface area contributed by atoms with Crippen LogP contribution in [0.25, 0.3) is 0 Å². The van der Waals surface area contributed by atoms with Crippen molar-refractivity contribution >= 4 is 17.2 Å². The Labute approximate surface area is 127 Å². The summed E-state index contributed by atoms with van der Waals surface area (Å²) in [6.45, 7) is 2.48. The van der Waals surface area contributed by atoms with E-state index < -0.39 is 0 Å². The van der Waals surface area contributed by atoms with Gasteiger partial charge < -0.3 is 15.2 Å². The molecule has 2 N–H and O–H groups in total. The summed E-state index contributed by atoms with van der Waals surface area (Å²) in [5.41, 5.74) is 2.17. The van der Waals surface area contributed by atoms with E-state index in [-0.39, 0.29) is 5.91 Å². The highest BCUT2D eigenvalue weighted by Gasteiger charge is 2.25. The van der Waals surface area contributed by atoms with Gasteiger partial charge in [-0.25, -0.2) is 4.98 Å². The van der Waals surface area contributed by atoms with Crippen LogP contribution in [0, 0.1) is 0 Å². The third kappa shape index (κ3) is 2.38. The van der Waals surface area contributed by atoms with Crippen molar-refractivity contribution in [3.63, 3.8) is 0 Å². The second kappa shape index (κ2) is 5.27. The molecule has 0 spiro atoms. The number of nitrogens with zero attached hydrogens (tertiary/aromatic N) is 2. The normalized spacial score (nSPS) is 21.5. The summed E-state index contributed by atoms with van der Waals surface area (Å²) in [7, 11) is 0. The van der Waals surface area contributed by atoms with Gasteiger partial charge in [0.2, 0.25) is 0 Å². The second-order valence-corrected chi connectivity index (χ2v) is 6.77. The van der Waals surface area contributed by atoms with Gasteiger partial charge in [0, 0.05) is 23.9 Å². The molecule has 2 aliphatic rings. The highest BCUT2D eigenvalue weighted by molar-refractivity contribution is 7.14. The molecule has 4 heterocycles. The lowest BCUT2D eigenvalue weighted by molar-refractivity contribution is 0.0737. The molecule has 0 saturated carbocycles. The number of carbonyl (C=O) groups excluding carboxylic acids is 1. The standard InChI is InChI=1S/C15H18N4OS/c20-15(19-7-5-10-12(8-19)18-9-17-10)14-4-3-13(21-14)11-2-1-6-16-11/h3-4,9,11,16H,1-2,5-8H2,(H,17,18). The third-order valence-electron chi connectivity index (χ3n) is 4.30. The fourth-order valence-electron chi connectivity index (χ4n) is 3.12.